The molecule has 1 aromatic carbocycles. The molecule has 0 aliphatic carbocycles. The number of nitrogens with one attached hydrogen (secondary N) is 2. The Balaban J connectivity index is 1.68. The standard InChI is InChI=1S/C16H15N5O2S/c1-9(22)11-3-5-12(6-4-11)21-15(23)10(2)24-16-13-14(18-7-17-13)19-8-20-16/h3-8,10H,1-2H3,(H,21,23)(H,17,18,19,20). The predicted molar refractivity (Wildman–Crippen MR) is 92.1 cm³/mol. The van der Waals surface area contributed by atoms with Crippen molar-refractivity contribution in [3.8, 4) is 0 Å². The first-order chi connectivity index (χ1) is 11.5. The molecule has 0 bridgehead atoms. The monoisotopic (exact) mass is 341 g/mol. The summed E-state index contributed by atoms with van der Waals surface area (Å²) in [5.41, 5.74) is 2.54. The Labute approximate surface area is 142 Å². The van der Waals surface area contributed by atoms with E-state index >= 15 is 0 Å². The summed E-state index contributed by atoms with van der Waals surface area (Å²) in [7, 11) is 0. The van der Waals surface area contributed by atoms with Crippen LogP contribution >= 0.6 is 11.8 Å². The summed E-state index contributed by atoms with van der Waals surface area (Å²) in [6.45, 7) is 3.30. The summed E-state index contributed by atoms with van der Waals surface area (Å²) < 4.78 is 0. The van der Waals surface area contributed by atoms with Crippen LogP contribution in [0.15, 0.2) is 41.9 Å². The molecule has 7 nitrogen and oxygen atoms in total. The lowest BCUT2D eigenvalue weighted by molar-refractivity contribution is -0.115. The lowest BCUT2D eigenvalue weighted by atomic mass is 10.1. The van der Waals surface area contributed by atoms with Crippen LogP contribution in [-0.4, -0.2) is 36.9 Å². The highest BCUT2D eigenvalue weighted by molar-refractivity contribution is 8.00. The first-order valence-electron chi connectivity index (χ1n) is 7.27. The zero-order valence-electron chi connectivity index (χ0n) is 13.1. The molecule has 0 saturated carbocycles. The van der Waals surface area contributed by atoms with Crippen molar-refractivity contribution in [3.63, 3.8) is 0 Å². The Morgan fingerprint density at radius 1 is 1.17 bits per heavy atom. The molecule has 1 amide bonds. The smallest absolute Gasteiger partial charge is 0.237 e. The average molecular weight is 341 g/mol. The van der Waals surface area contributed by atoms with E-state index in [1.165, 1.54) is 25.0 Å². The summed E-state index contributed by atoms with van der Waals surface area (Å²) >= 11 is 1.32. The SMILES string of the molecule is CC(=O)c1ccc(NC(=O)C(C)Sc2ncnc3nc[nH]c23)cc1. The molecule has 2 aromatic heterocycles. The van der Waals surface area contributed by atoms with Crippen molar-refractivity contribution in [2.24, 2.45) is 0 Å². The van der Waals surface area contributed by atoms with Gasteiger partial charge in [-0.05, 0) is 38.1 Å². The summed E-state index contributed by atoms with van der Waals surface area (Å²) in [5, 5.41) is 3.14. The first kappa shape index (κ1) is 16.1. The van der Waals surface area contributed by atoms with Gasteiger partial charge in [0.05, 0.1) is 11.6 Å². The Kier molecular flexibility index (Phi) is 4.57. The molecule has 122 valence electrons. The highest BCUT2D eigenvalue weighted by Gasteiger charge is 2.18. The number of imidazole rings is 1. The van der Waals surface area contributed by atoms with Crippen molar-refractivity contribution >= 4 is 40.3 Å². The van der Waals surface area contributed by atoms with Gasteiger partial charge in [0.15, 0.2) is 11.4 Å². The van der Waals surface area contributed by atoms with Gasteiger partial charge in [0.2, 0.25) is 5.91 Å². The molecule has 8 heteroatoms. The molecular formula is C16H15N5O2S. The normalized spacial score (nSPS) is 12.1. The van der Waals surface area contributed by atoms with E-state index in [4.69, 9.17) is 0 Å². The van der Waals surface area contributed by atoms with Gasteiger partial charge >= 0.3 is 0 Å². The number of hydrogen-bond donors (Lipinski definition) is 2. The zero-order valence-corrected chi connectivity index (χ0v) is 13.9. The van der Waals surface area contributed by atoms with Crippen molar-refractivity contribution in [1.29, 1.82) is 0 Å². The van der Waals surface area contributed by atoms with Crippen LogP contribution in [0.2, 0.25) is 0 Å². The molecule has 1 atom stereocenters. The number of nitrogens with zero attached hydrogens (tertiary/aromatic N) is 3. The third-order valence-electron chi connectivity index (χ3n) is 3.40. The van der Waals surface area contributed by atoms with Crippen LogP contribution in [-0.2, 0) is 4.79 Å². The van der Waals surface area contributed by atoms with Gasteiger partial charge in [-0.15, -0.1) is 0 Å². The Morgan fingerprint density at radius 2 is 1.92 bits per heavy atom. The van der Waals surface area contributed by atoms with Crippen LogP contribution in [0.5, 0.6) is 0 Å². The quantitative estimate of drug-likeness (QED) is 0.420. The van der Waals surface area contributed by atoms with Crippen LogP contribution in [0.25, 0.3) is 11.2 Å². The second-order valence-electron chi connectivity index (χ2n) is 5.16. The maximum Gasteiger partial charge on any atom is 0.237 e. The highest BCUT2D eigenvalue weighted by atomic mass is 32.2. The number of carbonyl (C=O) groups is 2. The van der Waals surface area contributed by atoms with Crippen molar-refractivity contribution in [3.05, 3.63) is 42.5 Å². The minimum Gasteiger partial charge on any atom is -0.341 e. The lowest BCUT2D eigenvalue weighted by Gasteiger charge is -2.12. The van der Waals surface area contributed by atoms with Crippen LogP contribution in [0.3, 0.4) is 0 Å². The van der Waals surface area contributed by atoms with Gasteiger partial charge in [0, 0.05) is 11.3 Å². The molecule has 3 rings (SSSR count). The van der Waals surface area contributed by atoms with E-state index in [2.05, 4.69) is 25.3 Å². The van der Waals surface area contributed by atoms with Gasteiger partial charge < -0.3 is 10.3 Å². The number of thioether (sulfide) groups is 1. The maximum absolute atomic E-state index is 12.3. The molecule has 0 radical (unpaired) electrons. The maximum atomic E-state index is 12.3. The van der Waals surface area contributed by atoms with Crippen molar-refractivity contribution in [2.45, 2.75) is 24.1 Å². The minimum atomic E-state index is -0.362. The summed E-state index contributed by atoms with van der Waals surface area (Å²) in [6.07, 6.45) is 2.97. The fourth-order valence-electron chi connectivity index (χ4n) is 2.09. The molecule has 0 spiro atoms. The number of hydrogen-bond acceptors (Lipinski definition) is 6. The summed E-state index contributed by atoms with van der Waals surface area (Å²) in [4.78, 5) is 38.9. The van der Waals surface area contributed by atoms with Crippen LogP contribution < -0.4 is 5.32 Å². The number of ketones is 1. The molecule has 0 aliphatic rings. The third-order valence-corrected chi connectivity index (χ3v) is 4.51. The molecule has 1 unspecified atom stereocenters. The molecule has 0 saturated heterocycles. The second kappa shape index (κ2) is 6.79. The lowest BCUT2D eigenvalue weighted by Crippen LogP contribution is -2.22. The van der Waals surface area contributed by atoms with Crippen LogP contribution in [0, 0.1) is 0 Å². The zero-order chi connectivity index (χ0) is 17.1. The Morgan fingerprint density at radius 3 is 2.62 bits per heavy atom. The average Bonchev–Trinajstić information content (AvgIpc) is 3.05. The van der Waals surface area contributed by atoms with Crippen molar-refractivity contribution in [1.82, 2.24) is 19.9 Å². The van der Waals surface area contributed by atoms with Crippen LogP contribution in [0.4, 0.5) is 5.69 Å². The van der Waals surface area contributed by atoms with E-state index in [9.17, 15) is 9.59 Å². The molecule has 2 N–H and O–H groups in total. The van der Waals surface area contributed by atoms with E-state index < -0.39 is 0 Å². The third kappa shape index (κ3) is 3.43. The number of carbonyl (C=O) groups excluding carboxylic acids is 2. The minimum absolute atomic E-state index is 0.0101. The fourth-order valence-corrected chi connectivity index (χ4v) is 2.96. The van der Waals surface area contributed by atoms with E-state index in [1.807, 2.05) is 0 Å². The second-order valence-corrected chi connectivity index (χ2v) is 6.49. The molecule has 3 aromatic rings. The largest absolute Gasteiger partial charge is 0.341 e. The topological polar surface area (TPSA) is 101 Å². The fraction of sp³-hybridized carbons (Fsp3) is 0.188. The molecule has 0 fully saturated rings. The number of anilines is 1. The van der Waals surface area contributed by atoms with Gasteiger partial charge in [0.1, 0.15) is 16.9 Å². The first-order valence-corrected chi connectivity index (χ1v) is 8.15. The van der Waals surface area contributed by atoms with Gasteiger partial charge in [0.25, 0.3) is 0 Å². The van der Waals surface area contributed by atoms with Gasteiger partial charge in [-0.25, -0.2) is 15.0 Å². The number of Topliss-reactive ketones (excluding diaryl/α,β-unsaturated/α-hetero) is 1. The molecular weight excluding hydrogens is 326 g/mol. The van der Waals surface area contributed by atoms with Gasteiger partial charge in [-0.3, -0.25) is 9.59 Å². The van der Waals surface area contributed by atoms with Crippen LogP contribution in [0.1, 0.15) is 24.2 Å². The number of aromatic amines is 1. The van der Waals surface area contributed by atoms with E-state index in [1.54, 1.807) is 37.5 Å². The molecule has 24 heavy (non-hydrogen) atoms. The summed E-state index contributed by atoms with van der Waals surface area (Å²) in [5.74, 6) is -0.161. The number of amides is 1. The Bertz CT molecular complexity index is 891. The molecule has 2 heterocycles. The Hall–Kier alpha value is -2.74. The molecule has 0 aliphatic heterocycles. The number of rotatable bonds is 5. The summed E-state index contributed by atoms with van der Waals surface area (Å²) in [6, 6.07) is 6.80. The van der Waals surface area contributed by atoms with E-state index in [-0.39, 0.29) is 16.9 Å². The predicted octanol–water partition coefficient (Wildman–Crippen LogP) is 2.67. The van der Waals surface area contributed by atoms with Gasteiger partial charge in [-0.2, -0.15) is 0 Å². The highest BCUT2D eigenvalue weighted by Crippen LogP contribution is 2.26. The number of fused-ring (bicyclic) bond motifs is 1. The van der Waals surface area contributed by atoms with Crippen molar-refractivity contribution in [2.75, 3.05) is 5.32 Å². The number of aromatic nitrogens is 4. The number of H-pyrrole nitrogens is 1. The van der Waals surface area contributed by atoms with Gasteiger partial charge in [-0.1, -0.05) is 11.8 Å². The number of benzene rings is 1. The van der Waals surface area contributed by atoms with Crippen molar-refractivity contribution < 1.29 is 9.59 Å². The van der Waals surface area contributed by atoms with E-state index in [0.29, 0.717) is 27.4 Å². The van der Waals surface area contributed by atoms with E-state index in [0.717, 1.165) is 0 Å².